The van der Waals surface area contributed by atoms with Gasteiger partial charge in [-0.1, -0.05) is 43.3 Å². The number of para-hydroxylation sites is 1. The second-order valence-corrected chi connectivity index (χ2v) is 6.53. The van der Waals surface area contributed by atoms with Crippen molar-refractivity contribution in [1.82, 2.24) is 10.3 Å². The fourth-order valence-corrected chi connectivity index (χ4v) is 3.06. The molecule has 3 rings (SSSR count). The van der Waals surface area contributed by atoms with Gasteiger partial charge in [-0.2, -0.15) is 0 Å². The molecule has 0 spiro atoms. The molecule has 0 fully saturated rings. The Bertz CT molecular complexity index is 981. The quantitative estimate of drug-likeness (QED) is 0.714. The minimum atomic E-state index is -0.177. The van der Waals surface area contributed by atoms with Crippen LogP contribution in [0.4, 0.5) is 5.69 Å². The highest BCUT2D eigenvalue weighted by molar-refractivity contribution is 6.10. The lowest BCUT2D eigenvalue weighted by atomic mass is 10.0. The van der Waals surface area contributed by atoms with E-state index in [9.17, 15) is 9.59 Å². The molecule has 0 radical (unpaired) electrons. The number of pyridine rings is 1. The maximum Gasteiger partial charge on any atom is 0.252 e. The third-order valence-corrected chi connectivity index (χ3v) is 4.56. The normalized spacial score (nSPS) is 11.8. The molecule has 0 saturated heterocycles. The average molecular weight is 361 g/mol. The molecule has 0 aliphatic carbocycles. The van der Waals surface area contributed by atoms with E-state index in [4.69, 9.17) is 0 Å². The number of hydrogen-bond donors (Lipinski definition) is 2. The molecule has 2 amide bonds. The molecule has 2 N–H and O–H groups in total. The van der Waals surface area contributed by atoms with Crippen molar-refractivity contribution in [3.8, 4) is 0 Å². The zero-order valence-corrected chi connectivity index (χ0v) is 15.7. The van der Waals surface area contributed by atoms with Crippen LogP contribution in [-0.2, 0) is 11.2 Å². The largest absolute Gasteiger partial charge is 0.345 e. The van der Waals surface area contributed by atoms with E-state index in [1.165, 1.54) is 12.5 Å². The van der Waals surface area contributed by atoms with Crippen molar-refractivity contribution in [3.63, 3.8) is 0 Å². The smallest absolute Gasteiger partial charge is 0.252 e. The third-order valence-electron chi connectivity index (χ3n) is 4.56. The standard InChI is InChI=1S/C22H23N3O2/c1-4-16-8-10-17(11-9-16)14(2)24-22(27)19-12-13-23-21-18(19)6-5-7-20(21)25-15(3)26/h5-14H,4H2,1-3H3,(H,24,27)(H,25,26). The average Bonchev–Trinajstić information content (AvgIpc) is 2.67. The molecule has 3 aromatic rings. The third kappa shape index (κ3) is 4.14. The van der Waals surface area contributed by atoms with Crippen LogP contribution in [0.25, 0.3) is 10.9 Å². The van der Waals surface area contributed by atoms with Crippen LogP contribution < -0.4 is 10.6 Å². The molecule has 1 aromatic heterocycles. The lowest BCUT2D eigenvalue weighted by Gasteiger charge is -2.16. The number of aryl methyl sites for hydroxylation is 1. The van der Waals surface area contributed by atoms with E-state index in [-0.39, 0.29) is 17.9 Å². The summed E-state index contributed by atoms with van der Waals surface area (Å²) in [6, 6.07) is 15.2. The number of amides is 2. The van der Waals surface area contributed by atoms with Gasteiger partial charge in [0.2, 0.25) is 5.91 Å². The molecule has 1 unspecified atom stereocenters. The second kappa shape index (κ2) is 7.99. The molecule has 0 saturated carbocycles. The summed E-state index contributed by atoms with van der Waals surface area (Å²) in [6.45, 7) is 5.52. The van der Waals surface area contributed by atoms with Crippen LogP contribution in [0.5, 0.6) is 0 Å². The summed E-state index contributed by atoms with van der Waals surface area (Å²) < 4.78 is 0. The van der Waals surface area contributed by atoms with Gasteiger partial charge in [0.25, 0.3) is 5.91 Å². The second-order valence-electron chi connectivity index (χ2n) is 6.53. The molecule has 27 heavy (non-hydrogen) atoms. The molecule has 5 heteroatoms. The van der Waals surface area contributed by atoms with E-state index < -0.39 is 0 Å². The lowest BCUT2D eigenvalue weighted by Crippen LogP contribution is -2.27. The molecule has 0 bridgehead atoms. The summed E-state index contributed by atoms with van der Waals surface area (Å²) in [4.78, 5) is 28.6. The van der Waals surface area contributed by atoms with Gasteiger partial charge in [-0.3, -0.25) is 14.6 Å². The fraction of sp³-hybridized carbons (Fsp3) is 0.227. The van der Waals surface area contributed by atoms with Crippen molar-refractivity contribution >= 4 is 28.4 Å². The van der Waals surface area contributed by atoms with Crippen LogP contribution in [0.2, 0.25) is 0 Å². The molecule has 1 heterocycles. The van der Waals surface area contributed by atoms with Gasteiger partial charge in [-0.05, 0) is 36.6 Å². The van der Waals surface area contributed by atoms with E-state index in [1.54, 1.807) is 24.4 Å². The number of rotatable bonds is 5. The minimum absolute atomic E-state index is 0.120. The molecular formula is C22H23N3O2. The Hall–Kier alpha value is -3.21. The van der Waals surface area contributed by atoms with E-state index in [1.807, 2.05) is 25.1 Å². The Kier molecular flexibility index (Phi) is 5.50. The Labute approximate surface area is 158 Å². The number of benzene rings is 2. The van der Waals surface area contributed by atoms with Crippen LogP contribution in [0, 0.1) is 0 Å². The molecule has 0 aliphatic heterocycles. The maximum atomic E-state index is 12.9. The van der Waals surface area contributed by atoms with Crippen molar-refractivity contribution in [2.24, 2.45) is 0 Å². The van der Waals surface area contributed by atoms with E-state index in [0.29, 0.717) is 22.2 Å². The number of fused-ring (bicyclic) bond motifs is 1. The Morgan fingerprint density at radius 3 is 2.48 bits per heavy atom. The Morgan fingerprint density at radius 1 is 1.07 bits per heavy atom. The van der Waals surface area contributed by atoms with Crippen molar-refractivity contribution in [2.75, 3.05) is 5.32 Å². The Morgan fingerprint density at radius 2 is 1.81 bits per heavy atom. The molecular weight excluding hydrogens is 338 g/mol. The van der Waals surface area contributed by atoms with Crippen molar-refractivity contribution < 1.29 is 9.59 Å². The first kappa shape index (κ1) is 18.6. The molecule has 1 atom stereocenters. The first-order valence-corrected chi connectivity index (χ1v) is 9.04. The zero-order valence-electron chi connectivity index (χ0n) is 15.7. The molecule has 2 aromatic carbocycles. The van der Waals surface area contributed by atoms with E-state index >= 15 is 0 Å². The maximum absolute atomic E-state index is 12.9. The summed E-state index contributed by atoms with van der Waals surface area (Å²) in [5, 5.41) is 6.51. The summed E-state index contributed by atoms with van der Waals surface area (Å²) in [7, 11) is 0. The summed E-state index contributed by atoms with van der Waals surface area (Å²) in [5.41, 5.74) is 4.04. The molecule has 5 nitrogen and oxygen atoms in total. The summed E-state index contributed by atoms with van der Waals surface area (Å²) >= 11 is 0. The minimum Gasteiger partial charge on any atom is -0.345 e. The van der Waals surface area contributed by atoms with Gasteiger partial charge < -0.3 is 10.6 Å². The highest BCUT2D eigenvalue weighted by Crippen LogP contribution is 2.25. The lowest BCUT2D eigenvalue weighted by molar-refractivity contribution is -0.114. The van der Waals surface area contributed by atoms with Crippen LogP contribution in [0.3, 0.4) is 0 Å². The number of anilines is 1. The van der Waals surface area contributed by atoms with Crippen LogP contribution in [0.15, 0.2) is 54.7 Å². The van der Waals surface area contributed by atoms with Crippen molar-refractivity contribution in [3.05, 3.63) is 71.4 Å². The fourth-order valence-electron chi connectivity index (χ4n) is 3.06. The predicted molar refractivity (Wildman–Crippen MR) is 108 cm³/mol. The number of nitrogens with one attached hydrogen (secondary N) is 2. The van der Waals surface area contributed by atoms with Crippen LogP contribution >= 0.6 is 0 Å². The first-order valence-electron chi connectivity index (χ1n) is 9.04. The SMILES string of the molecule is CCc1ccc(C(C)NC(=O)c2ccnc3c(NC(C)=O)cccc23)cc1. The summed E-state index contributed by atoms with van der Waals surface area (Å²) in [6.07, 6.45) is 2.57. The number of aromatic nitrogens is 1. The van der Waals surface area contributed by atoms with Gasteiger partial charge in [0.05, 0.1) is 22.8 Å². The van der Waals surface area contributed by atoms with Gasteiger partial charge in [-0.15, -0.1) is 0 Å². The van der Waals surface area contributed by atoms with Gasteiger partial charge in [0, 0.05) is 18.5 Å². The number of carbonyl (C=O) groups is 2. The Balaban J connectivity index is 1.87. The molecule has 138 valence electrons. The monoisotopic (exact) mass is 361 g/mol. The van der Waals surface area contributed by atoms with E-state index in [0.717, 1.165) is 12.0 Å². The zero-order chi connectivity index (χ0) is 19.4. The van der Waals surface area contributed by atoms with E-state index in [2.05, 4.69) is 34.7 Å². The van der Waals surface area contributed by atoms with Gasteiger partial charge >= 0.3 is 0 Å². The summed E-state index contributed by atoms with van der Waals surface area (Å²) in [5.74, 6) is -0.349. The highest BCUT2D eigenvalue weighted by Gasteiger charge is 2.16. The van der Waals surface area contributed by atoms with Crippen molar-refractivity contribution in [2.45, 2.75) is 33.2 Å². The highest BCUT2D eigenvalue weighted by atomic mass is 16.2. The molecule has 0 aliphatic rings. The van der Waals surface area contributed by atoms with Gasteiger partial charge in [-0.25, -0.2) is 0 Å². The predicted octanol–water partition coefficient (Wildman–Crippen LogP) is 4.25. The van der Waals surface area contributed by atoms with Crippen LogP contribution in [-0.4, -0.2) is 16.8 Å². The first-order chi connectivity index (χ1) is 13.0. The topological polar surface area (TPSA) is 71.1 Å². The number of carbonyl (C=O) groups excluding carboxylic acids is 2. The number of nitrogens with zero attached hydrogens (tertiary/aromatic N) is 1. The van der Waals surface area contributed by atoms with Crippen molar-refractivity contribution in [1.29, 1.82) is 0 Å². The number of hydrogen-bond acceptors (Lipinski definition) is 3. The van der Waals surface area contributed by atoms with Gasteiger partial charge in [0.15, 0.2) is 0 Å². The van der Waals surface area contributed by atoms with Gasteiger partial charge in [0.1, 0.15) is 0 Å². The van der Waals surface area contributed by atoms with Crippen LogP contribution in [0.1, 0.15) is 48.3 Å².